The van der Waals surface area contributed by atoms with E-state index in [0.717, 1.165) is 29.2 Å². The topological polar surface area (TPSA) is 48.1 Å². The van der Waals surface area contributed by atoms with Gasteiger partial charge in [0.25, 0.3) is 0 Å². The van der Waals surface area contributed by atoms with Gasteiger partial charge in [-0.25, -0.2) is 0 Å². The number of nitrogens with two attached hydrogens (primary N) is 1. The molecule has 100 valence electrons. The SMILES string of the molecule is CC[C@H](N)c1ccc(Oc2cccc(C)c2C)cn1. The normalized spacial score (nSPS) is 12.2. The first-order valence-corrected chi connectivity index (χ1v) is 6.57. The van der Waals surface area contributed by atoms with Gasteiger partial charge in [0.05, 0.1) is 11.9 Å². The van der Waals surface area contributed by atoms with Crippen molar-refractivity contribution in [3.05, 3.63) is 53.3 Å². The van der Waals surface area contributed by atoms with Gasteiger partial charge in [0, 0.05) is 6.04 Å². The number of pyridine rings is 1. The Labute approximate surface area is 114 Å². The second kappa shape index (κ2) is 5.85. The molecule has 0 aliphatic carbocycles. The molecule has 0 radical (unpaired) electrons. The molecule has 1 aromatic carbocycles. The molecule has 0 aliphatic rings. The Kier molecular flexibility index (Phi) is 4.17. The lowest BCUT2D eigenvalue weighted by Crippen LogP contribution is -2.10. The summed E-state index contributed by atoms with van der Waals surface area (Å²) in [6.45, 7) is 6.18. The molecule has 0 unspecified atom stereocenters. The van der Waals surface area contributed by atoms with E-state index in [0.29, 0.717) is 0 Å². The molecule has 2 N–H and O–H groups in total. The molecule has 19 heavy (non-hydrogen) atoms. The molecule has 2 aromatic rings. The average Bonchev–Trinajstić information content (AvgIpc) is 2.44. The molecule has 0 amide bonds. The Morgan fingerprint density at radius 2 is 2.00 bits per heavy atom. The van der Waals surface area contributed by atoms with E-state index in [1.807, 2.05) is 31.2 Å². The van der Waals surface area contributed by atoms with Crippen LogP contribution in [0.25, 0.3) is 0 Å². The van der Waals surface area contributed by atoms with Crippen LogP contribution in [0.15, 0.2) is 36.5 Å². The third kappa shape index (κ3) is 3.12. The molecular weight excluding hydrogens is 236 g/mol. The highest BCUT2D eigenvalue weighted by Crippen LogP contribution is 2.26. The van der Waals surface area contributed by atoms with Crippen LogP contribution in [0.3, 0.4) is 0 Å². The van der Waals surface area contributed by atoms with Crippen LogP contribution in [0.5, 0.6) is 11.5 Å². The number of aryl methyl sites for hydroxylation is 1. The molecule has 3 nitrogen and oxygen atoms in total. The minimum absolute atomic E-state index is 0.00486. The predicted molar refractivity (Wildman–Crippen MR) is 77.4 cm³/mol. The Morgan fingerprint density at radius 1 is 1.21 bits per heavy atom. The van der Waals surface area contributed by atoms with Crippen LogP contribution in [0.1, 0.15) is 36.2 Å². The molecule has 0 spiro atoms. The highest BCUT2D eigenvalue weighted by atomic mass is 16.5. The zero-order valence-electron chi connectivity index (χ0n) is 11.7. The van der Waals surface area contributed by atoms with Crippen LogP contribution < -0.4 is 10.5 Å². The molecule has 1 aromatic heterocycles. The number of nitrogens with zero attached hydrogens (tertiary/aromatic N) is 1. The van der Waals surface area contributed by atoms with E-state index in [1.54, 1.807) is 6.20 Å². The number of aromatic nitrogens is 1. The predicted octanol–water partition coefficient (Wildman–Crippen LogP) is 3.90. The van der Waals surface area contributed by atoms with Gasteiger partial charge in [-0.05, 0) is 49.6 Å². The van der Waals surface area contributed by atoms with Crippen molar-refractivity contribution in [1.82, 2.24) is 4.98 Å². The van der Waals surface area contributed by atoms with Crippen molar-refractivity contribution in [2.24, 2.45) is 5.73 Å². The van der Waals surface area contributed by atoms with E-state index in [9.17, 15) is 0 Å². The average molecular weight is 256 g/mol. The summed E-state index contributed by atoms with van der Waals surface area (Å²) in [7, 11) is 0. The van der Waals surface area contributed by atoms with E-state index >= 15 is 0 Å². The van der Waals surface area contributed by atoms with Crippen molar-refractivity contribution in [2.45, 2.75) is 33.2 Å². The van der Waals surface area contributed by atoms with Crippen molar-refractivity contribution >= 4 is 0 Å². The van der Waals surface area contributed by atoms with Crippen molar-refractivity contribution < 1.29 is 4.74 Å². The highest BCUT2D eigenvalue weighted by molar-refractivity contribution is 5.41. The molecule has 1 heterocycles. The fourth-order valence-corrected chi connectivity index (χ4v) is 1.84. The maximum Gasteiger partial charge on any atom is 0.145 e. The van der Waals surface area contributed by atoms with E-state index < -0.39 is 0 Å². The lowest BCUT2D eigenvalue weighted by Gasteiger charge is -2.12. The standard InChI is InChI=1S/C16H20N2O/c1-4-14(17)15-9-8-13(10-18-15)19-16-7-5-6-11(2)12(16)3/h5-10,14H,4,17H2,1-3H3/t14-/m0/s1. The van der Waals surface area contributed by atoms with Crippen molar-refractivity contribution in [3.8, 4) is 11.5 Å². The Morgan fingerprint density at radius 3 is 2.63 bits per heavy atom. The van der Waals surface area contributed by atoms with Crippen molar-refractivity contribution in [2.75, 3.05) is 0 Å². The fraction of sp³-hybridized carbons (Fsp3) is 0.312. The number of hydrogen-bond donors (Lipinski definition) is 1. The summed E-state index contributed by atoms with van der Waals surface area (Å²) in [5.41, 5.74) is 9.20. The van der Waals surface area contributed by atoms with Gasteiger partial charge in [0.1, 0.15) is 11.5 Å². The summed E-state index contributed by atoms with van der Waals surface area (Å²) < 4.78 is 5.86. The first-order chi connectivity index (χ1) is 9.11. The van der Waals surface area contributed by atoms with Gasteiger partial charge in [-0.2, -0.15) is 0 Å². The van der Waals surface area contributed by atoms with Gasteiger partial charge < -0.3 is 10.5 Å². The summed E-state index contributed by atoms with van der Waals surface area (Å²) in [5.74, 6) is 1.61. The van der Waals surface area contributed by atoms with E-state index in [-0.39, 0.29) is 6.04 Å². The highest BCUT2D eigenvalue weighted by Gasteiger charge is 2.06. The quantitative estimate of drug-likeness (QED) is 0.902. The first kappa shape index (κ1) is 13.6. The van der Waals surface area contributed by atoms with Gasteiger partial charge in [-0.3, -0.25) is 4.98 Å². The molecule has 1 atom stereocenters. The Balaban J connectivity index is 2.18. The smallest absolute Gasteiger partial charge is 0.145 e. The van der Waals surface area contributed by atoms with Gasteiger partial charge in [0.2, 0.25) is 0 Å². The number of benzene rings is 1. The van der Waals surface area contributed by atoms with Gasteiger partial charge in [0.15, 0.2) is 0 Å². The van der Waals surface area contributed by atoms with Crippen LogP contribution in [-0.4, -0.2) is 4.98 Å². The summed E-state index contributed by atoms with van der Waals surface area (Å²) >= 11 is 0. The Hall–Kier alpha value is -1.87. The molecule has 0 bridgehead atoms. The van der Waals surface area contributed by atoms with E-state index in [2.05, 4.69) is 24.9 Å². The minimum Gasteiger partial charge on any atom is -0.455 e. The summed E-state index contributed by atoms with van der Waals surface area (Å²) in [6, 6.07) is 9.87. The monoisotopic (exact) mass is 256 g/mol. The third-order valence-electron chi connectivity index (χ3n) is 3.36. The van der Waals surface area contributed by atoms with Crippen LogP contribution in [0.2, 0.25) is 0 Å². The van der Waals surface area contributed by atoms with Crippen LogP contribution in [0.4, 0.5) is 0 Å². The molecular formula is C16H20N2O. The Bertz CT molecular complexity index is 549. The van der Waals surface area contributed by atoms with Crippen LogP contribution in [-0.2, 0) is 0 Å². The molecule has 2 rings (SSSR count). The van der Waals surface area contributed by atoms with Crippen LogP contribution in [0, 0.1) is 13.8 Å². The van der Waals surface area contributed by atoms with Crippen molar-refractivity contribution in [3.63, 3.8) is 0 Å². The number of ether oxygens (including phenoxy) is 1. The zero-order chi connectivity index (χ0) is 13.8. The molecule has 0 aliphatic heterocycles. The maximum atomic E-state index is 5.94. The largest absolute Gasteiger partial charge is 0.455 e. The molecule has 0 fully saturated rings. The number of hydrogen-bond acceptors (Lipinski definition) is 3. The van der Waals surface area contributed by atoms with Crippen LogP contribution >= 0.6 is 0 Å². The van der Waals surface area contributed by atoms with Crippen molar-refractivity contribution in [1.29, 1.82) is 0 Å². The molecule has 3 heteroatoms. The summed E-state index contributed by atoms with van der Waals surface area (Å²) in [5, 5.41) is 0. The fourth-order valence-electron chi connectivity index (χ4n) is 1.84. The zero-order valence-corrected chi connectivity index (χ0v) is 11.7. The summed E-state index contributed by atoms with van der Waals surface area (Å²) in [4.78, 5) is 4.35. The second-order valence-corrected chi connectivity index (χ2v) is 4.73. The number of rotatable bonds is 4. The maximum absolute atomic E-state index is 5.94. The van der Waals surface area contributed by atoms with E-state index in [1.165, 1.54) is 5.56 Å². The summed E-state index contributed by atoms with van der Waals surface area (Å²) in [6.07, 6.45) is 2.61. The lowest BCUT2D eigenvalue weighted by molar-refractivity contribution is 0.475. The van der Waals surface area contributed by atoms with E-state index in [4.69, 9.17) is 10.5 Å². The second-order valence-electron chi connectivity index (χ2n) is 4.73. The van der Waals surface area contributed by atoms with Gasteiger partial charge in [-0.1, -0.05) is 19.1 Å². The lowest BCUT2D eigenvalue weighted by atomic mass is 10.1. The molecule has 0 saturated heterocycles. The first-order valence-electron chi connectivity index (χ1n) is 6.57. The molecule has 0 saturated carbocycles. The van der Waals surface area contributed by atoms with Gasteiger partial charge >= 0.3 is 0 Å². The third-order valence-corrected chi connectivity index (χ3v) is 3.36. The van der Waals surface area contributed by atoms with Gasteiger partial charge in [-0.15, -0.1) is 0 Å². The minimum atomic E-state index is -0.00486.